The fraction of sp³-hybridized carbons (Fsp3) is 0.750. The molecular weight excluding hydrogens is 160 g/mol. The Balaban J connectivity index is 2.85. The Bertz CT molecular complexity index is 219. The maximum absolute atomic E-state index is 11.2. The van der Waals surface area contributed by atoms with Crippen molar-refractivity contribution in [1.82, 2.24) is 0 Å². The van der Waals surface area contributed by atoms with Crippen molar-refractivity contribution < 1.29 is 19.1 Å². The van der Waals surface area contributed by atoms with Gasteiger partial charge in [0.25, 0.3) is 0 Å². The van der Waals surface area contributed by atoms with Crippen molar-refractivity contribution in [1.29, 1.82) is 0 Å². The maximum Gasteiger partial charge on any atom is 0.319 e. The molecule has 4 nitrogen and oxygen atoms in total. The predicted octanol–water partition coefficient (Wildman–Crippen LogP) is 0.153. The minimum Gasteiger partial charge on any atom is -0.468 e. The van der Waals surface area contributed by atoms with Gasteiger partial charge in [0.2, 0.25) is 0 Å². The van der Waals surface area contributed by atoms with E-state index in [0.717, 1.165) is 0 Å². The van der Waals surface area contributed by atoms with Crippen LogP contribution in [0.5, 0.6) is 0 Å². The van der Waals surface area contributed by atoms with Crippen LogP contribution in [0.1, 0.15) is 13.8 Å². The molecule has 1 saturated heterocycles. The fourth-order valence-corrected chi connectivity index (χ4v) is 1.34. The van der Waals surface area contributed by atoms with E-state index < -0.39 is 17.5 Å². The van der Waals surface area contributed by atoms with Gasteiger partial charge in [0.1, 0.15) is 12.5 Å². The lowest BCUT2D eigenvalue weighted by Gasteiger charge is -2.21. The number of ether oxygens (including phenoxy) is 2. The molecule has 68 valence electrons. The predicted molar refractivity (Wildman–Crippen MR) is 40.5 cm³/mol. The molecule has 0 unspecified atom stereocenters. The SMILES string of the molecule is COC(=O)[C@@H]1C(=O)COC1(C)C. The first kappa shape index (κ1) is 9.19. The van der Waals surface area contributed by atoms with Gasteiger partial charge in [-0.05, 0) is 13.8 Å². The monoisotopic (exact) mass is 172 g/mol. The summed E-state index contributed by atoms with van der Waals surface area (Å²) < 4.78 is 9.64. The van der Waals surface area contributed by atoms with Crippen molar-refractivity contribution in [2.45, 2.75) is 19.4 Å². The first-order chi connectivity index (χ1) is 5.49. The Kier molecular flexibility index (Phi) is 2.19. The Morgan fingerprint density at radius 2 is 2.25 bits per heavy atom. The summed E-state index contributed by atoms with van der Waals surface area (Å²) in [6.45, 7) is 3.42. The molecule has 0 saturated carbocycles. The number of hydrogen-bond acceptors (Lipinski definition) is 4. The molecule has 12 heavy (non-hydrogen) atoms. The van der Waals surface area contributed by atoms with Crippen molar-refractivity contribution in [2.75, 3.05) is 13.7 Å². The van der Waals surface area contributed by atoms with E-state index in [9.17, 15) is 9.59 Å². The van der Waals surface area contributed by atoms with Crippen LogP contribution >= 0.6 is 0 Å². The third-order valence-corrected chi connectivity index (χ3v) is 2.04. The van der Waals surface area contributed by atoms with Crippen LogP contribution in [0, 0.1) is 5.92 Å². The molecule has 0 bridgehead atoms. The van der Waals surface area contributed by atoms with Crippen molar-refractivity contribution in [3.8, 4) is 0 Å². The second-order valence-electron chi connectivity index (χ2n) is 3.31. The average molecular weight is 172 g/mol. The first-order valence-corrected chi connectivity index (χ1v) is 3.73. The van der Waals surface area contributed by atoms with Crippen LogP contribution < -0.4 is 0 Å². The van der Waals surface area contributed by atoms with Crippen LogP contribution in [0.4, 0.5) is 0 Å². The number of esters is 1. The Labute approximate surface area is 70.8 Å². The van der Waals surface area contributed by atoms with Gasteiger partial charge in [0, 0.05) is 0 Å². The fourth-order valence-electron chi connectivity index (χ4n) is 1.34. The van der Waals surface area contributed by atoms with E-state index in [1.807, 2.05) is 0 Å². The van der Waals surface area contributed by atoms with E-state index >= 15 is 0 Å². The second kappa shape index (κ2) is 2.86. The minimum atomic E-state index is -0.762. The minimum absolute atomic E-state index is 0.00671. The van der Waals surface area contributed by atoms with Gasteiger partial charge < -0.3 is 9.47 Å². The van der Waals surface area contributed by atoms with Crippen LogP contribution in [0.2, 0.25) is 0 Å². The smallest absolute Gasteiger partial charge is 0.319 e. The van der Waals surface area contributed by atoms with Crippen LogP contribution in [-0.2, 0) is 19.1 Å². The third kappa shape index (κ3) is 1.34. The molecule has 0 aromatic heterocycles. The zero-order valence-corrected chi connectivity index (χ0v) is 7.42. The second-order valence-corrected chi connectivity index (χ2v) is 3.31. The van der Waals surface area contributed by atoms with Gasteiger partial charge in [-0.2, -0.15) is 0 Å². The van der Waals surface area contributed by atoms with Gasteiger partial charge in [-0.3, -0.25) is 9.59 Å². The Morgan fingerprint density at radius 1 is 1.67 bits per heavy atom. The lowest BCUT2D eigenvalue weighted by atomic mass is 9.90. The normalized spacial score (nSPS) is 27.2. The summed E-state index contributed by atoms with van der Waals surface area (Å²) in [6, 6.07) is 0. The molecular formula is C8H12O4. The lowest BCUT2D eigenvalue weighted by Crippen LogP contribution is -2.37. The molecule has 0 spiro atoms. The average Bonchev–Trinajstić information content (AvgIpc) is 2.25. The van der Waals surface area contributed by atoms with Crippen LogP contribution in [0.25, 0.3) is 0 Å². The molecule has 1 heterocycles. The van der Waals surface area contributed by atoms with Crippen molar-refractivity contribution >= 4 is 11.8 Å². The molecule has 1 rings (SSSR count). The highest BCUT2D eigenvalue weighted by Crippen LogP contribution is 2.29. The number of ketones is 1. The number of methoxy groups -OCH3 is 1. The zero-order chi connectivity index (χ0) is 9.35. The van der Waals surface area contributed by atoms with E-state index in [-0.39, 0.29) is 12.4 Å². The number of hydrogen-bond donors (Lipinski definition) is 0. The van der Waals surface area contributed by atoms with Crippen molar-refractivity contribution in [2.24, 2.45) is 5.92 Å². The topological polar surface area (TPSA) is 52.6 Å². The van der Waals surface area contributed by atoms with Gasteiger partial charge >= 0.3 is 5.97 Å². The van der Waals surface area contributed by atoms with Gasteiger partial charge in [0.15, 0.2) is 5.78 Å². The van der Waals surface area contributed by atoms with Gasteiger partial charge in [-0.15, -0.1) is 0 Å². The number of rotatable bonds is 1. The number of carbonyl (C=O) groups excluding carboxylic acids is 2. The molecule has 0 aromatic carbocycles. The van der Waals surface area contributed by atoms with E-state index in [4.69, 9.17) is 4.74 Å². The third-order valence-electron chi connectivity index (χ3n) is 2.04. The molecule has 4 heteroatoms. The van der Waals surface area contributed by atoms with E-state index in [2.05, 4.69) is 4.74 Å². The summed E-state index contributed by atoms with van der Waals surface area (Å²) in [4.78, 5) is 22.3. The Hall–Kier alpha value is -0.900. The van der Waals surface area contributed by atoms with Crippen molar-refractivity contribution in [3.63, 3.8) is 0 Å². The molecule has 0 N–H and O–H groups in total. The molecule has 1 aliphatic rings. The quantitative estimate of drug-likeness (QED) is 0.417. The summed E-state index contributed by atoms with van der Waals surface area (Å²) in [5.41, 5.74) is -0.718. The summed E-state index contributed by atoms with van der Waals surface area (Å²) in [6.07, 6.45) is 0. The van der Waals surface area contributed by atoms with E-state index in [0.29, 0.717) is 0 Å². The largest absolute Gasteiger partial charge is 0.468 e. The molecule has 1 atom stereocenters. The highest BCUT2D eigenvalue weighted by Gasteiger charge is 2.47. The molecule has 0 amide bonds. The van der Waals surface area contributed by atoms with E-state index in [1.165, 1.54) is 7.11 Å². The molecule has 0 radical (unpaired) electrons. The summed E-state index contributed by atoms with van der Waals surface area (Å²) in [7, 11) is 1.27. The Morgan fingerprint density at radius 3 is 2.58 bits per heavy atom. The van der Waals surface area contributed by atoms with Crippen LogP contribution in [0.15, 0.2) is 0 Å². The van der Waals surface area contributed by atoms with Gasteiger partial charge in [-0.1, -0.05) is 0 Å². The highest BCUT2D eigenvalue weighted by molar-refractivity contribution is 6.02. The summed E-state index contributed by atoms with van der Waals surface area (Å²) in [5.74, 6) is -1.48. The standard InChI is InChI=1S/C8H12O4/c1-8(2)6(7(10)11-3)5(9)4-12-8/h6H,4H2,1-3H3/t6-/m0/s1. The van der Waals surface area contributed by atoms with E-state index in [1.54, 1.807) is 13.8 Å². The zero-order valence-electron chi connectivity index (χ0n) is 7.42. The first-order valence-electron chi connectivity index (χ1n) is 3.73. The van der Waals surface area contributed by atoms with Gasteiger partial charge in [-0.25, -0.2) is 0 Å². The highest BCUT2D eigenvalue weighted by atomic mass is 16.5. The molecule has 0 aromatic rings. The maximum atomic E-state index is 11.2. The summed E-state index contributed by atoms with van der Waals surface area (Å²) >= 11 is 0. The van der Waals surface area contributed by atoms with Crippen LogP contribution in [-0.4, -0.2) is 31.1 Å². The summed E-state index contributed by atoms with van der Waals surface area (Å²) in [5, 5.41) is 0. The molecule has 1 aliphatic heterocycles. The van der Waals surface area contributed by atoms with Crippen molar-refractivity contribution in [3.05, 3.63) is 0 Å². The van der Waals surface area contributed by atoms with Crippen LogP contribution in [0.3, 0.4) is 0 Å². The molecule has 0 aliphatic carbocycles. The number of carbonyl (C=O) groups is 2. The lowest BCUT2D eigenvalue weighted by molar-refractivity contribution is -0.152. The molecule has 1 fully saturated rings. The number of Topliss-reactive ketones (excluding diaryl/α,β-unsaturated/α-hetero) is 1. The van der Waals surface area contributed by atoms with Gasteiger partial charge in [0.05, 0.1) is 12.7 Å².